The van der Waals surface area contributed by atoms with E-state index in [1.165, 1.54) is 12.1 Å². The number of alkyl halides is 3. The maximum atomic E-state index is 12.8. The van der Waals surface area contributed by atoms with Crippen molar-refractivity contribution in [2.45, 2.75) is 6.18 Å². The molecular weight excluding hydrogens is 375 g/mol. The van der Waals surface area contributed by atoms with Crippen LogP contribution in [-0.2, 0) is 6.18 Å². The van der Waals surface area contributed by atoms with E-state index in [-0.39, 0.29) is 5.56 Å². The maximum absolute atomic E-state index is 12.8. The molecule has 0 saturated heterocycles. The summed E-state index contributed by atoms with van der Waals surface area (Å²) in [4.78, 5) is 18.8. The lowest BCUT2D eigenvalue weighted by molar-refractivity contribution is -0.137. The molecule has 0 bridgehead atoms. The summed E-state index contributed by atoms with van der Waals surface area (Å²) in [6.07, 6.45) is -4.48. The van der Waals surface area contributed by atoms with Gasteiger partial charge in [0.25, 0.3) is 5.91 Å². The highest BCUT2D eigenvalue weighted by molar-refractivity contribution is 8.16. The first-order valence-electron chi connectivity index (χ1n) is 8.20. The molecule has 0 aliphatic carbocycles. The van der Waals surface area contributed by atoms with Crippen LogP contribution in [0, 0.1) is 0 Å². The highest BCUT2D eigenvalue weighted by Gasteiger charge is 2.31. The number of halogens is 3. The first kappa shape index (κ1) is 17.7. The molecule has 4 nitrogen and oxygen atoms in total. The quantitative estimate of drug-likeness (QED) is 0.829. The van der Waals surface area contributed by atoms with E-state index in [4.69, 9.17) is 0 Å². The van der Waals surface area contributed by atoms with Crippen molar-refractivity contribution in [2.24, 2.45) is 4.99 Å². The number of anilines is 1. The minimum atomic E-state index is -4.48. The first-order valence-corrected chi connectivity index (χ1v) is 9.08. The van der Waals surface area contributed by atoms with Gasteiger partial charge in [0, 0.05) is 23.2 Å². The van der Waals surface area contributed by atoms with Crippen molar-refractivity contribution in [3.8, 4) is 0 Å². The van der Waals surface area contributed by atoms with Crippen molar-refractivity contribution in [1.82, 2.24) is 4.90 Å². The van der Waals surface area contributed by atoms with Crippen LogP contribution >= 0.6 is 11.8 Å². The predicted molar refractivity (Wildman–Crippen MR) is 100 cm³/mol. The minimum absolute atomic E-state index is 0.0401. The van der Waals surface area contributed by atoms with Crippen molar-refractivity contribution in [3.05, 3.63) is 70.6 Å². The second-order valence-corrected chi connectivity index (χ2v) is 6.88. The molecular formula is C19H14F3N3OS. The molecule has 27 heavy (non-hydrogen) atoms. The SMILES string of the molecule is O=C(Nc1ccc(C2=CSC3=NCCN23)cc1)c1cccc(C(F)(F)F)c1. The van der Waals surface area contributed by atoms with Crippen molar-refractivity contribution in [1.29, 1.82) is 0 Å². The molecule has 2 heterocycles. The van der Waals surface area contributed by atoms with Gasteiger partial charge in [-0.3, -0.25) is 9.79 Å². The Kier molecular flexibility index (Phi) is 4.43. The average Bonchev–Trinajstić information content (AvgIpc) is 3.25. The monoisotopic (exact) mass is 389 g/mol. The predicted octanol–water partition coefficient (Wildman–Crippen LogP) is 4.67. The van der Waals surface area contributed by atoms with Gasteiger partial charge in [-0.25, -0.2) is 0 Å². The molecule has 0 fully saturated rings. The van der Waals surface area contributed by atoms with Gasteiger partial charge in [0.15, 0.2) is 5.17 Å². The fourth-order valence-corrected chi connectivity index (χ4v) is 3.87. The van der Waals surface area contributed by atoms with Gasteiger partial charge < -0.3 is 10.2 Å². The van der Waals surface area contributed by atoms with Crippen LogP contribution in [0.25, 0.3) is 5.70 Å². The van der Waals surface area contributed by atoms with Crippen LogP contribution in [0.1, 0.15) is 21.5 Å². The Hall–Kier alpha value is -2.74. The van der Waals surface area contributed by atoms with Crippen LogP contribution in [0.15, 0.2) is 58.9 Å². The van der Waals surface area contributed by atoms with E-state index >= 15 is 0 Å². The number of amidine groups is 1. The number of carbonyl (C=O) groups is 1. The van der Waals surface area contributed by atoms with Crippen LogP contribution in [0.3, 0.4) is 0 Å². The maximum Gasteiger partial charge on any atom is 0.416 e. The number of thioether (sulfide) groups is 1. The molecule has 2 aromatic rings. The van der Waals surface area contributed by atoms with Gasteiger partial charge in [-0.1, -0.05) is 30.0 Å². The van der Waals surface area contributed by atoms with Gasteiger partial charge in [-0.2, -0.15) is 13.2 Å². The van der Waals surface area contributed by atoms with Crippen molar-refractivity contribution in [2.75, 3.05) is 18.4 Å². The molecule has 4 rings (SSSR count). The van der Waals surface area contributed by atoms with Crippen LogP contribution < -0.4 is 5.32 Å². The van der Waals surface area contributed by atoms with Gasteiger partial charge >= 0.3 is 6.18 Å². The van der Waals surface area contributed by atoms with Crippen LogP contribution in [0.4, 0.5) is 18.9 Å². The lowest BCUT2D eigenvalue weighted by Gasteiger charge is -2.17. The lowest BCUT2D eigenvalue weighted by Crippen LogP contribution is -2.19. The lowest BCUT2D eigenvalue weighted by atomic mass is 10.1. The Morgan fingerprint density at radius 2 is 1.93 bits per heavy atom. The van der Waals surface area contributed by atoms with E-state index < -0.39 is 17.6 Å². The van der Waals surface area contributed by atoms with E-state index in [0.717, 1.165) is 41.7 Å². The zero-order valence-corrected chi connectivity index (χ0v) is 14.8. The number of rotatable bonds is 3. The molecule has 138 valence electrons. The van der Waals surface area contributed by atoms with E-state index in [1.807, 2.05) is 17.5 Å². The number of hydrogen-bond acceptors (Lipinski definition) is 4. The Morgan fingerprint density at radius 3 is 2.67 bits per heavy atom. The third-order valence-electron chi connectivity index (χ3n) is 4.26. The average molecular weight is 389 g/mol. The van der Waals surface area contributed by atoms with Crippen LogP contribution in [-0.4, -0.2) is 29.1 Å². The van der Waals surface area contributed by atoms with Crippen molar-refractivity contribution in [3.63, 3.8) is 0 Å². The molecule has 2 aliphatic heterocycles. The molecule has 2 aromatic carbocycles. The molecule has 1 N–H and O–H groups in total. The zero-order chi connectivity index (χ0) is 19.0. The fraction of sp³-hybridized carbons (Fsp3) is 0.158. The number of carbonyl (C=O) groups excluding carboxylic acids is 1. The summed E-state index contributed by atoms with van der Waals surface area (Å²) in [5, 5.41) is 5.66. The standard InChI is InChI=1S/C19H14F3N3OS/c20-19(21,22)14-3-1-2-13(10-14)17(26)24-15-6-4-12(5-7-15)16-11-27-18-23-8-9-25(16)18/h1-7,10-11H,8-9H2,(H,24,26). The Labute approximate surface area is 157 Å². The summed E-state index contributed by atoms with van der Waals surface area (Å²) < 4.78 is 38.4. The zero-order valence-electron chi connectivity index (χ0n) is 14.0. The van der Waals surface area contributed by atoms with Crippen molar-refractivity contribution >= 4 is 34.2 Å². The normalized spacial score (nSPS) is 16.0. The molecule has 8 heteroatoms. The number of nitrogens with one attached hydrogen (secondary N) is 1. The van der Waals surface area contributed by atoms with Gasteiger partial charge in [-0.15, -0.1) is 0 Å². The van der Waals surface area contributed by atoms with E-state index in [0.29, 0.717) is 5.69 Å². The van der Waals surface area contributed by atoms with Gasteiger partial charge in [-0.05, 0) is 35.9 Å². The topological polar surface area (TPSA) is 44.7 Å². The number of fused-ring (bicyclic) bond motifs is 1. The molecule has 2 aliphatic rings. The molecule has 0 saturated carbocycles. The highest BCUT2D eigenvalue weighted by atomic mass is 32.2. The second-order valence-electron chi connectivity index (χ2n) is 6.05. The molecule has 0 radical (unpaired) electrons. The van der Waals surface area contributed by atoms with Crippen molar-refractivity contribution < 1.29 is 18.0 Å². The Balaban J connectivity index is 1.47. The van der Waals surface area contributed by atoms with Gasteiger partial charge in [0.1, 0.15) is 0 Å². The summed E-state index contributed by atoms with van der Waals surface area (Å²) in [7, 11) is 0. The van der Waals surface area contributed by atoms with Crippen LogP contribution in [0.5, 0.6) is 0 Å². The van der Waals surface area contributed by atoms with Gasteiger partial charge in [0.05, 0.1) is 17.8 Å². The largest absolute Gasteiger partial charge is 0.416 e. The summed E-state index contributed by atoms with van der Waals surface area (Å²) in [5.41, 5.74) is 1.68. The number of amides is 1. The summed E-state index contributed by atoms with van der Waals surface area (Å²) in [5.74, 6) is -0.585. The smallest absolute Gasteiger partial charge is 0.322 e. The van der Waals surface area contributed by atoms with Crippen LogP contribution in [0.2, 0.25) is 0 Å². The first-order chi connectivity index (χ1) is 12.9. The molecule has 1 amide bonds. The molecule has 0 aromatic heterocycles. The van der Waals surface area contributed by atoms with Gasteiger partial charge in [0.2, 0.25) is 0 Å². The molecule has 0 unspecified atom stereocenters. The third kappa shape index (κ3) is 3.57. The summed E-state index contributed by atoms with van der Waals surface area (Å²) >= 11 is 1.58. The number of benzene rings is 2. The fourth-order valence-electron chi connectivity index (χ4n) is 2.91. The van der Waals surface area contributed by atoms with E-state index in [1.54, 1.807) is 23.9 Å². The number of nitrogens with zero attached hydrogens (tertiary/aromatic N) is 2. The number of hydrogen-bond donors (Lipinski definition) is 1. The van der Waals surface area contributed by atoms with E-state index in [2.05, 4.69) is 15.2 Å². The highest BCUT2D eigenvalue weighted by Crippen LogP contribution is 2.35. The Morgan fingerprint density at radius 1 is 1.15 bits per heavy atom. The molecule has 0 atom stereocenters. The number of aliphatic imine (C=N–C) groups is 1. The summed E-state index contributed by atoms with van der Waals surface area (Å²) in [6.45, 7) is 1.63. The minimum Gasteiger partial charge on any atom is -0.322 e. The molecule has 0 spiro atoms. The third-order valence-corrected chi connectivity index (χ3v) is 5.16. The Bertz CT molecular complexity index is 951. The summed E-state index contributed by atoms with van der Waals surface area (Å²) in [6, 6.07) is 11.6. The van der Waals surface area contributed by atoms with E-state index in [9.17, 15) is 18.0 Å². The second kappa shape index (κ2) is 6.77.